The van der Waals surface area contributed by atoms with Gasteiger partial charge in [-0.2, -0.15) is 0 Å². The third-order valence-corrected chi connectivity index (χ3v) is 6.31. The average molecular weight is 457 g/mol. The molecule has 0 bridgehead atoms. The highest BCUT2D eigenvalue weighted by atomic mass is 35.5. The molecule has 3 heterocycles. The van der Waals surface area contributed by atoms with Crippen molar-refractivity contribution in [1.82, 2.24) is 14.8 Å². The van der Waals surface area contributed by atoms with Crippen LogP contribution in [0.4, 0.5) is 5.69 Å². The molecule has 0 radical (unpaired) electrons. The zero-order valence-corrected chi connectivity index (χ0v) is 18.2. The lowest BCUT2D eigenvalue weighted by atomic mass is 10.2. The van der Waals surface area contributed by atoms with Gasteiger partial charge in [-0.15, -0.1) is 11.3 Å². The van der Waals surface area contributed by atoms with Crippen LogP contribution < -0.4 is 16.2 Å². The number of carbonyl (C=O) groups is 2. The van der Waals surface area contributed by atoms with Crippen molar-refractivity contribution in [2.75, 3.05) is 25.0 Å². The van der Waals surface area contributed by atoms with E-state index in [2.05, 4.69) is 10.6 Å². The molecule has 7 nitrogen and oxygen atoms in total. The fourth-order valence-electron chi connectivity index (χ4n) is 3.47. The van der Waals surface area contributed by atoms with Crippen LogP contribution in [0.2, 0.25) is 4.34 Å². The van der Waals surface area contributed by atoms with Crippen molar-refractivity contribution in [3.8, 4) is 5.69 Å². The summed E-state index contributed by atoms with van der Waals surface area (Å²) in [5.74, 6) is -0.189. The Bertz CT molecular complexity index is 1140. The topological polar surface area (TPSA) is 83.4 Å². The lowest BCUT2D eigenvalue weighted by Gasteiger charge is -2.18. The number of halogens is 1. The minimum absolute atomic E-state index is 0.0285. The summed E-state index contributed by atoms with van der Waals surface area (Å²) < 4.78 is 2.13. The van der Waals surface area contributed by atoms with E-state index in [1.54, 1.807) is 39.9 Å². The molecule has 31 heavy (non-hydrogen) atoms. The SMILES string of the molecule is O=C(N[C@@H]1CCN(C(=O)CNc2ccc(-n3ccccc3=O)cc2)C1)c1ccc(Cl)s1. The number of pyridine rings is 1. The summed E-state index contributed by atoms with van der Waals surface area (Å²) in [6.07, 6.45) is 2.43. The van der Waals surface area contributed by atoms with E-state index in [0.717, 1.165) is 17.8 Å². The van der Waals surface area contributed by atoms with Gasteiger partial charge in [-0.25, -0.2) is 0 Å². The molecule has 2 N–H and O–H groups in total. The van der Waals surface area contributed by atoms with Gasteiger partial charge in [-0.3, -0.25) is 19.0 Å². The molecule has 1 aliphatic heterocycles. The Kier molecular flexibility index (Phi) is 6.39. The number of hydrogen-bond donors (Lipinski definition) is 2. The Labute approximate surface area is 188 Å². The number of nitrogens with one attached hydrogen (secondary N) is 2. The number of thiophene rings is 1. The minimum Gasteiger partial charge on any atom is -0.376 e. The normalized spacial score (nSPS) is 15.6. The van der Waals surface area contributed by atoms with Crippen molar-refractivity contribution >= 4 is 40.4 Å². The van der Waals surface area contributed by atoms with Crippen molar-refractivity contribution in [2.45, 2.75) is 12.5 Å². The van der Waals surface area contributed by atoms with E-state index in [-0.39, 0.29) is 30.0 Å². The molecular weight excluding hydrogens is 436 g/mol. The first-order valence-electron chi connectivity index (χ1n) is 9.85. The fraction of sp³-hybridized carbons (Fsp3) is 0.227. The molecule has 9 heteroatoms. The van der Waals surface area contributed by atoms with Crippen LogP contribution in [0, 0.1) is 0 Å². The van der Waals surface area contributed by atoms with Gasteiger partial charge >= 0.3 is 0 Å². The summed E-state index contributed by atoms with van der Waals surface area (Å²) in [6, 6.07) is 15.7. The Morgan fingerprint density at radius 3 is 2.61 bits per heavy atom. The maximum Gasteiger partial charge on any atom is 0.261 e. The van der Waals surface area contributed by atoms with Gasteiger partial charge in [0.2, 0.25) is 5.91 Å². The van der Waals surface area contributed by atoms with Gasteiger partial charge in [0, 0.05) is 42.8 Å². The third kappa shape index (κ3) is 5.15. The summed E-state index contributed by atoms with van der Waals surface area (Å²) >= 11 is 7.12. The Hall–Kier alpha value is -3.10. The molecule has 1 aromatic carbocycles. The number of hydrogen-bond acceptors (Lipinski definition) is 5. The summed E-state index contributed by atoms with van der Waals surface area (Å²) in [7, 11) is 0. The molecule has 3 aromatic rings. The van der Waals surface area contributed by atoms with Crippen LogP contribution in [0.25, 0.3) is 5.69 Å². The number of benzene rings is 1. The van der Waals surface area contributed by atoms with Crippen LogP contribution in [-0.2, 0) is 4.79 Å². The van der Waals surface area contributed by atoms with Crippen molar-refractivity contribution in [1.29, 1.82) is 0 Å². The second-order valence-corrected chi connectivity index (χ2v) is 8.93. The van der Waals surface area contributed by atoms with Gasteiger partial charge < -0.3 is 15.5 Å². The lowest BCUT2D eigenvalue weighted by Crippen LogP contribution is -2.39. The van der Waals surface area contributed by atoms with E-state index in [9.17, 15) is 14.4 Å². The number of amides is 2. The van der Waals surface area contributed by atoms with Crippen molar-refractivity contribution in [3.63, 3.8) is 0 Å². The molecule has 2 amide bonds. The van der Waals surface area contributed by atoms with E-state index in [4.69, 9.17) is 11.6 Å². The van der Waals surface area contributed by atoms with Gasteiger partial charge in [0.15, 0.2) is 0 Å². The molecule has 1 fully saturated rings. The van der Waals surface area contributed by atoms with Crippen LogP contribution >= 0.6 is 22.9 Å². The van der Waals surface area contributed by atoms with Gasteiger partial charge in [-0.05, 0) is 48.9 Å². The Morgan fingerprint density at radius 2 is 1.90 bits per heavy atom. The molecule has 160 valence electrons. The first-order valence-corrected chi connectivity index (χ1v) is 11.0. The number of anilines is 1. The zero-order valence-electron chi connectivity index (χ0n) is 16.6. The number of carbonyl (C=O) groups excluding carboxylic acids is 2. The van der Waals surface area contributed by atoms with E-state index in [1.807, 2.05) is 24.3 Å². The van der Waals surface area contributed by atoms with E-state index < -0.39 is 0 Å². The molecule has 0 unspecified atom stereocenters. The summed E-state index contributed by atoms with van der Waals surface area (Å²) in [5, 5.41) is 6.08. The lowest BCUT2D eigenvalue weighted by molar-refractivity contribution is -0.128. The first kappa shape index (κ1) is 21.1. The molecule has 1 aliphatic rings. The Morgan fingerprint density at radius 1 is 1.10 bits per heavy atom. The maximum absolute atomic E-state index is 12.5. The number of nitrogens with zero attached hydrogens (tertiary/aromatic N) is 2. The zero-order chi connectivity index (χ0) is 21.8. The second kappa shape index (κ2) is 9.36. The minimum atomic E-state index is -0.160. The smallest absolute Gasteiger partial charge is 0.261 e. The molecular formula is C22H21ClN4O3S. The predicted molar refractivity (Wildman–Crippen MR) is 122 cm³/mol. The first-order chi connectivity index (χ1) is 15.0. The molecule has 1 saturated heterocycles. The van der Waals surface area contributed by atoms with Gasteiger partial charge in [0.05, 0.1) is 15.8 Å². The number of likely N-dealkylation sites (tertiary alicyclic amines) is 1. The van der Waals surface area contributed by atoms with Crippen molar-refractivity contribution in [2.24, 2.45) is 0 Å². The summed E-state index contributed by atoms with van der Waals surface area (Å²) in [5.41, 5.74) is 1.45. The number of rotatable bonds is 6. The summed E-state index contributed by atoms with van der Waals surface area (Å²) in [6.45, 7) is 1.25. The standard InChI is InChI=1S/C22H21ClN4O3S/c23-19-9-8-18(31-19)22(30)25-16-10-12-26(14-16)21(29)13-24-15-4-6-17(7-5-15)27-11-2-1-3-20(27)28/h1-9,11,16,24H,10,12-14H2,(H,25,30)/t16-/m1/s1. The Balaban J connectivity index is 1.27. The van der Waals surface area contributed by atoms with Crippen LogP contribution in [0.15, 0.2) is 65.6 Å². The summed E-state index contributed by atoms with van der Waals surface area (Å²) in [4.78, 5) is 39.0. The second-order valence-electron chi connectivity index (χ2n) is 7.21. The largest absolute Gasteiger partial charge is 0.376 e. The monoisotopic (exact) mass is 456 g/mol. The quantitative estimate of drug-likeness (QED) is 0.597. The highest BCUT2D eigenvalue weighted by molar-refractivity contribution is 7.18. The molecule has 2 aromatic heterocycles. The van der Waals surface area contributed by atoms with Crippen LogP contribution in [0.5, 0.6) is 0 Å². The van der Waals surface area contributed by atoms with Crippen LogP contribution in [-0.4, -0.2) is 47.0 Å². The number of aromatic nitrogens is 1. The molecule has 0 saturated carbocycles. The molecule has 0 aliphatic carbocycles. The van der Waals surface area contributed by atoms with Crippen LogP contribution in [0.3, 0.4) is 0 Å². The van der Waals surface area contributed by atoms with Gasteiger partial charge in [0.25, 0.3) is 11.5 Å². The maximum atomic E-state index is 12.5. The predicted octanol–water partition coefficient (Wildman–Crippen LogP) is 3.00. The van der Waals surface area contributed by atoms with Crippen molar-refractivity contribution < 1.29 is 9.59 Å². The van der Waals surface area contributed by atoms with Gasteiger partial charge in [0.1, 0.15) is 0 Å². The average Bonchev–Trinajstić information content (AvgIpc) is 3.42. The van der Waals surface area contributed by atoms with Crippen LogP contribution in [0.1, 0.15) is 16.1 Å². The van der Waals surface area contributed by atoms with E-state index in [0.29, 0.717) is 22.3 Å². The van der Waals surface area contributed by atoms with Crippen molar-refractivity contribution in [3.05, 3.63) is 80.4 Å². The molecule has 1 atom stereocenters. The fourth-order valence-corrected chi connectivity index (χ4v) is 4.41. The van der Waals surface area contributed by atoms with E-state index in [1.165, 1.54) is 17.4 Å². The highest BCUT2D eigenvalue weighted by Crippen LogP contribution is 2.22. The molecule has 0 spiro atoms. The molecule has 4 rings (SSSR count). The third-order valence-electron chi connectivity index (χ3n) is 5.08. The van der Waals surface area contributed by atoms with Gasteiger partial charge in [-0.1, -0.05) is 17.7 Å². The highest BCUT2D eigenvalue weighted by Gasteiger charge is 2.27. The van der Waals surface area contributed by atoms with E-state index >= 15 is 0 Å².